The Labute approximate surface area is 199 Å². The molecule has 0 aliphatic carbocycles. The molecule has 1 amide bonds. The minimum absolute atomic E-state index is 0.121. The van der Waals surface area contributed by atoms with Crippen molar-refractivity contribution in [2.45, 2.75) is 29.0 Å². The van der Waals surface area contributed by atoms with Crippen LogP contribution in [0.15, 0.2) is 56.5 Å². The van der Waals surface area contributed by atoms with Gasteiger partial charge in [-0.3, -0.25) is 4.79 Å². The predicted octanol–water partition coefficient (Wildman–Crippen LogP) is 4.70. The van der Waals surface area contributed by atoms with Gasteiger partial charge < -0.3 is 14.5 Å². The van der Waals surface area contributed by atoms with E-state index in [4.69, 9.17) is 20.8 Å². The Hall–Kier alpha value is -2.40. The Bertz CT molecular complexity index is 1070. The molecule has 32 heavy (non-hydrogen) atoms. The molecule has 0 radical (unpaired) electrons. The molecular formula is C21H22ClN5O3S2. The quantitative estimate of drug-likeness (QED) is 0.342. The SMILES string of the molecule is COCCNc1nnc(S[C@H](C)C(=O)N2N=C(c3ccc(Cl)cc3)C[C@H]2c2ccco2)s1. The third kappa shape index (κ3) is 5.32. The van der Waals surface area contributed by atoms with Crippen LogP contribution >= 0.6 is 34.7 Å². The second-order valence-corrected chi connectivity index (χ2v) is 10.0. The minimum Gasteiger partial charge on any atom is -0.467 e. The van der Waals surface area contributed by atoms with Crippen LogP contribution in [0.2, 0.25) is 5.02 Å². The molecule has 0 unspecified atom stereocenters. The lowest BCUT2D eigenvalue weighted by atomic mass is 10.0. The van der Waals surface area contributed by atoms with Crippen LogP contribution in [-0.2, 0) is 9.53 Å². The number of carbonyl (C=O) groups is 1. The summed E-state index contributed by atoms with van der Waals surface area (Å²) in [6.45, 7) is 3.07. The van der Waals surface area contributed by atoms with E-state index in [1.54, 1.807) is 13.4 Å². The summed E-state index contributed by atoms with van der Waals surface area (Å²) in [5.41, 5.74) is 1.74. The number of anilines is 1. The Morgan fingerprint density at radius 1 is 1.38 bits per heavy atom. The highest BCUT2D eigenvalue weighted by Crippen LogP contribution is 2.36. The molecule has 0 saturated heterocycles. The molecule has 0 fully saturated rings. The van der Waals surface area contributed by atoms with Gasteiger partial charge in [-0.2, -0.15) is 5.10 Å². The second kappa shape index (κ2) is 10.5. The lowest BCUT2D eigenvalue weighted by Gasteiger charge is -2.22. The fraction of sp³-hybridized carbons (Fsp3) is 0.333. The number of hydrazone groups is 1. The smallest absolute Gasteiger partial charge is 0.256 e. The molecule has 3 heterocycles. The molecule has 0 bridgehead atoms. The summed E-state index contributed by atoms with van der Waals surface area (Å²) in [4.78, 5) is 13.4. The molecule has 8 nitrogen and oxygen atoms in total. The number of rotatable bonds is 9. The fourth-order valence-electron chi connectivity index (χ4n) is 3.21. The minimum atomic E-state index is -0.402. The van der Waals surface area contributed by atoms with Crippen LogP contribution in [0.25, 0.3) is 0 Å². The number of aromatic nitrogens is 2. The van der Waals surface area contributed by atoms with Crippen molar-refractivity contribution in [1.29, 1.82) is 0 Å². The Morgan fingerprint density at radius 2 is 2.19 bits per heavy atom. The number of carbonyl (C=O) groups excluding carboxylic acids is 1. The van der Waals surface area contributed by atoms with E-state index in [1.807, 2.05) is 43.3 Å². The summed E-state index contributed by atoms with van der Waals surface area (Å²) in [5, 5.41) is 18.6. The number of hydrogen-bond acceptors (Lipinski definition) is 9. The fourth-order valence-corrected chi connectivity index (χ4v) is 5.30. The first kappa shape index (κ1) is 22.8. The van der Waals surface area contributed by atoms with E-state index in [2.05, 4.69) is 20.6 Å². The normalized spacial score (nSPS) is 16.8. The van der Waals surface area contributed by atoms with Crippen LogP contribution in [0, 0.1) is 0 Å². The van der Waals surface area contributed by atoms with Crippen molar-refractivity contribution in [3.05, 3.63) is 59.0 Å². The van der Waals surface area contributed by atoms with Crippen LogP contribution < -0.4 is 5.32 Å². The molecule has 3 aromatic rings. The first-order chi connectivity index (χ1) is 15.5. The summed E-state index contributed by atoms with van der Waals surface area (Å²) in [6, 6.07) is 10.8. The Kier molecular flexibility index (Phi) is 7.46. The van der Waals surface area contributed by atoms with E-state index < -0.39 is 5.25 Å². The summed E-state index contributed by atoms with van der Waals surface area (Å²) in [5.74, 6) is 0.577. The van der Waals surface area contributed by atoms with Gasteiger partial charge in [0.25, 0.3) is 5.91 Å². The molecule has 11 heteroatoms. The molecule has 1 N–H and O–H groups in total. The molecule has 168 valence electrons. The van der Waals surface area contributed by atoms with Crippen LogP contribution in [0.5, 0.6) is 0 Å². The number of furan rings is 1. The topological polar surface area (TPSA) is 92.8 Å². The number of benzene rings is 1. The van der Waals surface area contributed by atoms with E-state index in [0.29, 0.717) is 39.8 Å². The first-order valence-electron chi connectivity index (χ1n) is 9.98. The summed E-state index contributed by atoms with van der Waals surface area (Å²) in [6.07, 6.45) is 2.17. The molecule has 0 spiro atoms. The van der Waals surface area contributed by atoms with E-state index in [9.17, 15) is 4.79 Å². The number of ether oxygens (including phenoxy) is 1. The number of nitrogens with zero attached hydrogens (tertiary/aromatic N) is 4. The zero-order valence-electron chi connectivity index (χ0n) is 17.5. The highest BCUT2D eigenvalue weighted by molar-refractivity contribution is 8.02. The lowest BCUT2D eigenvalue weighted by molar-refractivity contribution is -0.132. The van der Waals surface area contributed by atoms with Gasteiger partial charge in [0, 0.05) is 25.1 Å². The molecular weight excluding hydrogens is 470 g/mol. The average Bonchev–Trinajstić information content (AvgIpc) is 3.55. The van der Waals surface area contributed by atoms with Gasteiger partial charge in [0.1, 0.15) is 11.8 Å². The third-order valence-corrected chi connectivity index (χ3v) is 7.10. The van der Waals surface area contributed by atoms with Crippen molar-refractivity contribution in [2.75, 3.05) is 25.6 Å². The van der Waals surface area contributed by atoms with Crippen molar-refractivity contribution >= 4 is 51.5 Å². The number of methoxy groups -OCH3 is 1. The molecule has 1 aliphatic rings. The van der Waals surface area contributed by atoms with Crippen molar-refractivity contribution in [3.63, 3.8) is 0 Å². The van der Waals surface area contributed by atoms with Crippen LogP contribution in [0.3, 0.4) is 0 Å². The third-order valence-electron chi connectivity index (χ3n) is 4.80. The van der Waals surface area contributed by atoms with Gasteiger partial charge in [0.15, 0.2) is 4.34 Å². The predicted molar refractivity (Wildman–Crippen MR) is 126 cm³/mol. The Morgan fingerprint density at radius 3 is 2.91 bits per heavy atom. The summed E-state index contributed by atoms with van der Waals surface area (Å²) < 4.78 is 11.3. The monoisotopic (exact) mass is 491 g/mol. The van der Waals surface area contributed by atoms with Gasteiger partial charge in [-0.05, 0) is 36.8 Å². The number of nitrogens with one attached hydrogen (secondary N) is 1. The standard InChI is InChI=1S/C21H22ClN5O3S2/c1-13(31-21-25-24-20(32-21)23-9-11-29-2)19(28)27-17(18-4-3-10-30-18)12-16(26-27)14-5-7-15(22)8-6-14/h3-8,10,13,17H,9,11-12H2,1-2H3,(H,23,24)/t13-,17+/m1/s1. The van der Waals surface area contributed by atoms with Gasteiger partial charge >= 0.3 is 0 Å². The lowest BCUT2D eigenvalue weighted by Crippen LogP contribution is -2.33. The largest absolute Gasteiger partial charge is 0.467 e. The van der Waals surface area contributed by atoms with Crippen LogP contribution in [0.1, 0.15) is 30.7 Å². The van der Waals surface area contributed by atoms with E-state index in [-0.39, 0.29) is 11.9 Å². The molecule has 1 aliphatic heterocycles. The molecule has 2 atom stereocenters. The number of amides is 1. The maximum atomic E-state index is 13.4. The highest BCUT2D eigenvalue weighted by atomic mass is 35.5. The van der Waals surface area contributed by atoms with Crippen LogP contribution in [-0.4, -0.2) is 52.3 Å². The number of halogens is 1. The first-order valence-corrected chi connectivity index (χ1v) is 12.1. The molecule has 2 aromatic heterocycles. The van der Waals surface area contributed by atoms with Gasteiger partial charge in [-0.25, -0.2) is 5.01 Å². The van der Waals surface area contributed by atoms with E-state index >= 15 is 0 Å². The van der Waals surface area contributed by atoms with Crippen molar-refractivity contribution in [3.8, 4) is 0 Å². The molecule has 1 aromatic carbocycles. The number of thioether (sulfide) groups is 1. The van der Waals surface area contributed by atoms with Gasteiger partial charge in [-0.1, -0.05) is 46.8 Å². The van der Waals surface area contributed by atoms with Gasteiger partial charge in [0.2, 0.25) is 5.13 Å². The average molecular weight is 492 g/mol. The van der Waals surface area contributed by atoms with Crippen molar-refractivity contribution < 1.29 is 13.9 Å². The molecule has 0 saturated carbocycles. The van der Waals surface area contributed by atoms with Crippen molar-refractivity contribution in [2.24, 2.45) is 5.10 Å². The molecule has 4 rings (SSSR count). The maximum Gasteiger partial charge on any atom is 0.256 e. The van der Waals surface area contributed by atoms with E-state index in [0.717, 1.165) is 11.3 Å². The summed E-state index contributed by atoms with van der Waals surface area (Å²) in [7, 11) is 1.64. The van der Waals surface area contributed by atoms with Crippen LogP contribution in [0.4, 0.5) is 5.13 Å². The maximum absolute atomic E-state index is 13.4. The zero-order valence-corrected chi connectivity index (χ0v) is 19.9. The van der Waals surface area contributed by atoms with Gasteiger partial charge in [-0.15, -0.1) is 10.2 Å². The van der Waals surface area contributed by atoms with Crippen molar-refractivity contribution in [1.82, 2.24) is 15.2 Å². The second-order valence-electron chi connectivity index (χ2n) is 7.02. The summed E-state index contributed by atoms with van der Waals surface area (Å²) >= 11 is 8.79. The number of hydrogen-bond donors (Lipinski definition) is 1. The zero-order chi connectivity index (χ0) is 22.5. The highest BCUT2D eigenvalue weighted by Gasteiger charge is 2.37. The van der Waals surface area contributed by atoms with Gasteiger partial charge in [0.05, 0.1) is 23.8 Å². The van der Waals surface area contributed by atoms with E-state index in [1.165, 1.54) is 28.1 Å². The Balaban J connectivity index is 1.49.